The van der Waals surface area contributed by atoms with Gasteiger partial charge in [-0.3, -0.25) is 14.5 Å². The smallest absolute Gasteiger partial charge is 0.278 e. The van der Waals surface area contributed by atoms with E-state index in [-0.39, 0.29) is 30.8 Å². The fourth-order valence-corrected chi connectivity index (χ4v) is 4.22. The molecule has 2 aliphatic heterocycles. The molecule has 0 aromatic heterocycles. The standard InChI is InChI=1S/C27H24N2O5/c1-16-4-10-21(17(2)12-16)24-25(28-19-6-8-20(32-3)9-7-19)27(31)29(26(24)30)14-18-5-11-22-23(13-18)34-15-33-22/h4-13,28H,14-15H2,1-3H3. The molecule has 0 fully saturated rings. The summed E-state index contributed by atoms with van der Waals surface area (Å²) >= 11 is 0. The van der Waals surface area contributed by atoms with Gasteiger partial charge in [0.25, 0.3) is 11.8 Å². The van der Waals surface area contributed by atoms with E-state index in [0.29, 0.717) is 28.5 Å². The Hall–Kier alpha value is -4.26. The zero-order valence-corrected chi connectivity index (χ0v) is 19.2. The Labute approximate surface area is 197 Å². The molecule has 2 heterocycles. The van der Waals surface area contributed by atoms with Crippen LogP contribution in [-0.4, -0.2) is 30.6 Å². The molecule has 1 N–H and O–H groups in total. The van der Waals surface area contributed by atoms with Crippen molar-refractivity contribution in [1.29, 1.82) is 0 Å². The first-order valence-corrected chi connectivity index (χ1v) is 10.9. The zero-order chi connectivity index (χ0) is 23.8. The summed E-state index contributed by atoms with van der Waals surface area (Å²) in [5.74, 6) is 1.24. The summed E-state index contributed by atoms with van der Waals surface area (Å²) < 4.78 is 16.0. The normalized spacial score (nSPS) is 14.7. The largest absolute Gasteiger partial charge is 0.497 e. The van der Waals surface area contributed by atoms with Gasteiger partial charge >= 0.3 is 0 Å². The molecule has 0 atom stereocenters. The van der Waals surface area contributed by atoms with Crippen molar-refractivity contribution in [3.05, 3.63) is 88.6 Å². The second kappa shape index (κ2) is 8.59. The molecule has 0 saturated carbocycles. The van der Waals surface area contributed by atoms with Crippen LogP contribution < -0.4 is 19.5 Å². The molecule has 0 bridgehead atoms. The molecule has 0 spiro atoms. The first kappa shape index (κ1) is 21.6. The molecule has 7 nitrogen and oxygen atoms in total. The predicted octanol–water partition coefficient (Wildman–Crippen LogP) is 4.43. The highest BCUT2D eigenvalue weighted by molar-refractivity contribution is 6.36. The fraction of sp³-hybridized carbons (Fsp3) is 0.185. The van der Waals surface area contributed by atoms with E-state index in [1.54, 1.807) is 31.4 Å². The van der Waals surface area contributed by atoms with Gasteiger partial charge in [-0.15, -0.1) is 0 Å². The lowest BCUT2D eigenvalue weighted by Gasteiger charge is -2.16. The number of anilines is 1. The van der Waals surface area contributed by atoms with Crippen LogP contribution in [0.15, 0.2) is 66.4 Å². The van der Waals surface area contributed by atoms with Crippen molar-refractivity contribution in [3.63, 3.8) is 0 Å². The molecule has 7 heteroatoms. The number of hydrogen-bond donors (Lipinski definition) is 1. The van der Waals surface area contributed by atoms with E-state index in [1.807, 2.05) is 50.2 Å². The molecule has 3 aromatic rings. The number of nitrogens with zero attached hydrogens (tertiary/aromatic N) is 1. The van der Waals surface area contributed by atoms with Gasteiger partial charge in [-0.1, -0.05) is 29.8 Å². The van der Waals surface area contributed by atoms with Gasteiger partial charge in [0.05, 0.1) is 19.2 Å². The van der Waals surface area contributed by atoms with Crippen LogP contribution in [0.2, 0.25) is 0 Å². The molecule has 0 radical (unpaired) electrons. The number of imide groups is 1. The minimum atomic E-state index is -0.381. The molecule has 2 aliphatic rings. The van der Waals surface area contributed by atoms with E-state index in [0.717, 1.165) is 22.3 Å². The van der Waals surface area contributed by atoms with Gasteiger partial charge in [0.2, 0.25) is 6.79 Å². The van der Waals surface area contributed by atoms with Crippen molar-refractivity contribution < 1.29 is 23.8 Å². The van der Waals surface area contributed by atoms with Crippen LogP contribution >= 0.6 is 0 Å². The number of benzene rings is 3. The lowest BCUT2D eigenvalue weighted by atomic mass is 9.97. The topological polar surface area (TPSA) is 77.1 Å². The quantitative estimate of drug-likeness (QED) is 0.553. The highest BCUT2D eigenvalue weighted by Gasteiger charge is 2.40. The minimum Gasteiger partial charge on any atom is -0.497 e. The van der Waals surface area contributed by atoms with Crippen LogP contribution in [0, 0.1) is 13.8 Å². The molecule has 0 aliphatic carbocycles. The Morgan fingerprint density at radius 3 is 2.41 bits per heavy atom. The van der Waals surface area contributed by atoms with Gasteiger partial charge in [-0.25, -0.2) is 0 Å². The van der Waals surface area contributed by atoms with Gasteiger partial charge in [0, 0.05) is 5.69 Å². The molecular weight excluding hydrogens is 432 g/mol. The third-order valence-electron chi connectivity index (χ3n) is 5.96. The van der Waals surface area contributed by atoms with E-state index < -0.39 is 0 Å². The van der Waals surface area contributed by atoms with E-state index >= 15 is 0 Å². The molecule has 34 heavy (non-hydrogen) atoms. The summed E-state index contributed by atoms with van der Waals surface area (Å²) in [5.41, 5.74) is 4.81. The maximum Gasteiger partial charge on any atom is 0.278 e. The molecule has 2 amide bonds. The Bertz CT molecular complexity index is 1330. The van der Waals surface area contributed by atoms with Crippen molar-refractivity contribution >= 4 is 23.1 Å². The average molecular weight is 456 g/mol. The van der Waals surface area contributed by atoms with Gasteiger partial charge in [0.1, 0.15) is 11.4 Å². The first-order chi connectivity index (χ1) is 16.4. The van der Waals surface area contributed by atoms with E-state index in [4.69, 9.17) is 14.2 Å². The summed E-state index contributed by atoms with van der Waals surface area (Å²) in [6, 6.07) is 18.5. The van der Waals surface area contributed by atoms with Gasteiger partial charge in [-0.2, -0.15) is 0 Å². The second-order valence-electron chi connectivity index (χ2n) is 8.31. The molecular formula is C27H24N2O5. The minimum absolute atomic E-state index is 0.122. The summed E-state index contributed by atoms with van der Waals surface area (Å²) in [4.78, 5) is 28.4. The number of methoxy groups -OCH3 is 1. The summed E-state index contributed by atoms with van der Waals surface area (Å²) in [6.45, 7) is 4.22. The molecule has 0 unspecified atom stereocenters. The number of hydrogen-bond acceptors (Lipinski definition) is 6. The fourth-order valence-electron chi connectivity index (χ4n) is 4.22. The van der Waals surface area contributed by atoms with Crippen molar-refractivity contribution in [1.82, 2.24) is 4.90 Å². The van der Waals surface area contributed by atoms with Crippen LogP contribution in [0.4, 0.5) is 5.69 Å². The number of amides is 2. The lowest BCUT2D eigenvalue weighted by Crippen LogP contribution is -2.32. The maximum atomic E-state index is 13.6. The van der Waals surface area contributed by atoms with Crippen LogP contribution in [0.25, 0.3) is 5.57 Å². The van der Waals surface area contributed by atoms with Crippen LogP contribution in [0.1, 0.15) is 22.3 Å². The van der Waals surface area contributed by atoms with E-state index in [1.165, 1.54) is 4.90 Å². The number of rotatable bonds is 6. The van der Waals surface area contributed by atoms with E-state index in [2.05, 4.69) is 5.32 Å². The number of ether oxygens (including phenoxy) is 3. The van der Waals surface area contributed by atoms with Gasteiger partial charge < -0.3 is 19.5 Å². The number of carbonyl (C=O) groups excluding carboxylic acids is 2. The third kappa shape index (κ3) is 3.85. The molecule has 172 valence electrons. The third-order valence-corrected chi connectivity index (χ3v) is 5.96. The molecule has 0 saturated heterocycles. The Morgan fingerprint density at radius 1 is 0.912 bits per heavy atom. The number of aryl methyl sites for hydroxylation is 2. The van der Waals surface area contributed by atoms with Crippen molar-refractivity contribution in [2.45, 2.75) is 20.4 Å². The number of fused-ring (bicyclic) bond motifs is 1. The van der Waals surface area contributed by atoms with Gasteiger partial charge in [-0.05, 0) is 66.9 Å². The first-order valence-electron chi connectivity index (χ1n) is 10.9. The summed E-state index contributed by atoms with van der Waals surface area (Å²) in [6.07, 6.45) is 0. The predicted molar refractivity (Wildman–Crippen MR) is 128 cm³/mol. The molecule has 3 aromatic carbocycles. The molecule has 5 rings (SSSR count). The summed E-state index contributed by atoms with van der Waals surface area (Å²) in [5, 5.41) is 3.19. The van der Waals surface area contributed by atoms with Crippen LogP contribution in [-0.2, 0) is 16.1 Å². The SMILES string of the molecule is COc1ccc(NC2=C(c3ccc(C)cc3C)C(=O)N(Cc3ccc4c(c3)OCO4)C2=O)cc1. The average Bonchev–Trinajstić information content (AvgIpc) is 3.38. The van der Waals surface area contributed by atoms with Crippen LogP contribution in [0.3, 0.4) is 0 Å². The Kier molecular flexibility index (Phi) is 5.45. The number of carbonyl (C=O) groups is 2. The zero-order valence-electron chi connectivity index (χ0n) is 19.2. The highest BCUT2D eigenvalue weighted by Crippen LogP contribution is 2.36. The van der Waals surface area contributed by atoms with E-state index in [9.17, 15) is 9.59 Å². The Morgan fingerprint density at radius 2 is 1.68 bits per heavy atom. The maximum absolute atomic E-state index is 13.6. The van der Waals surface area contributed by atoms with Crippen LogP contribution in [0.5, 0.6) is 17.2 Å². The lowest BCUT2D eigenvalue weighted by molar-refractivity contribution is -0.137. The summed E-state index contributed by atoms with van der Waals surface area (Å²) in [7, 11) is 1.59. The van der Waals surface area contributed by atoms with Crippen molar-refractivity contribution in [3.8, 4) is 17.2 Å². The second-order valence-corrected chi connectivity index (χ2v) is 8.31. The highest BCUT2D eigenvalue weighted by atomic mass is 16.7. The van der Waals surface area contributed by atoms with Gasteiger partial charge in [0.15, 0.2) is 11.5 Å². The number of nitrogens with one attached hydrogen (secondary N) is 1. The van der Waals surface area contributed by atoms with Crippen molar-refractivity contribution in [2.75, 3.05) is 19.2 Å². The van der Waals surface area contributed by atoms with Crippen molar-refractivity contribution in [2.24, 2.45) is 0 Å². The Balaban J connectivity index is 1.52. The monoisotopic (exact) mass is 456 g/mol.